The molecule has 8 nitrogen and oxygen atoms in total. The predicted molar refractivity (Wildman–Crippen MR) is 148 cm³/mol. The zero-order valence-electron chi connectivity index (χ0n) is 22.7. The van der Waals surface area contributed by atoms with Crippen molar-refractivity contribution >= 4 is 15.8 Å². The third-order valence-electron chi connectivity index (χ3n) is 7.50. The molecule has 2 aliphatic rings. The molecule has 0 fully saturated rings. The number of fused-ring (bicyclic) bond motifs is 2. The third-order valence-corrected chi connectivity index (χ3v) is 8.53. The molecule has 0 bridgehead atoms. The van der Waals surface area contributed by atoms with Gasteiger partial charge in [0.05, 0.1) is 25.4 Å². The lowest BCUT2D eigenvalue weighted by Crippen LogP contribution is -2.09. The van der Waals surface area contributed by atoms with E-state index in [0.29, 0.717) is 30.2 Å². The van der Waals surface area contributed by atoms with Crippen LogP contribution in [0.3, 0.4) is 0 Å². The summed E-state index contributed by atoms with van der Waals surface area (Å²) < 4.78 is 55.7. The maximum absolute atomic E-state index is 15.4. The van der Waals surface area contributed by atoms with E-state index in [4.69, 9.17) is 19.3 Å². The third kappa shape index (κ3) is 5.77. The van der Waals surface area contributed by atoms with E-state index in [1.165, 1.54) is 6.26 Å². The van der Waals surface area contributed by atoms with Crippen LogP contribution in [0.5, 0.6) is 17.4 Å². The van der Waals surface area contributed by atoms with Gasteiger partial charge in [0.1, 0.15) is 21.7 Å². The number of carboxylic acids is 1. The van der Waals surface area contributed by atoms with Crippen LogP contribution in [-0.4, -0.2) is 49.7 Å². The molecule has 2 aromatic carbocycles. The molecule has 0 amide bonds. The topological polar surface area (TPSA) is 112 Å². The highest BCUT2D eigenvalue weighted by Gasteiger charge is 2.31. The number of aryl methyl sites for hydroxylation is 1. The summed E-state index contributed by atoms with van der Waals surface area (Å²) in [4.78, 5) is 15.6. The Hall–Kier alpha value is -3.66. The number of aromatic nitrogens is 1. The highest BCUT2D eigenvalue weighted by Crippen LogP contribution is 2.44. The Balaban J connectivity index is 1.36. The molecular formula is C30H32FNO7S. The lowest BCUT2D eigenvalue weighted by Gasteiger charge is -2.19. The van der Waals surface area contributed by atoms with Gasteiger partial charge in [-0.2, -0.15) is 0 Å². The smallest absolute Gasteiger partial charge is 0.304 e. The summed E-state index contributed by atoms with van der Waals surface area (Å²) in [5.41, 5.74) is 5.99. The number of nitrogens with zero attached hydrogens (tertiary/aromatic N) is 1. The number of carboxylic acid groups (broad SMARTS) is 1. The molecule has 2 heterocycles. The summed E-state index contributed by atoms with van der Waals surface area (Å²) in [5.74, 6) is -0.429. The monoisotopic (exact) mass is 569 g/mol. The average Bonchev–Trinajstić information content (AvgIpc) is 3.48. The van der Waals surface area contributed by atoms with Crippen molar-refractivity contribution in [3.05, 3.63) is 70.2 Å². The molecule has 212 valence electrons. The van der Waals surface area contributed by atoms with Crippen molar-refractivity contribution in [2.75, 3.05) is 25.2 Å². The van der Waals surface area contributed by atoms with Crippen LogP contribution in [0, 0.1) is 19.7 Å². The normalized spacial score (nSPS) is 17.7. The van der Waals surface area contributed by atoms with Crippen LogP contribution in [0.4, 0.5) is 4.39 Å². The minimum Gasteiger partial charge on any atom is -0.492 e. The van der Waals surface area contributed by atoms with Gasteiger partial charge in [0.15, 0.2) is 11.6 Å². The molecule has 1 aromatic heterocycles. The van der Waals surface area contributed by atoms with Gasteiger partial charge in [0.25, 0.3) is 0 Å². The summed E-state index contributed by atoms with van der Waals surface area (Å²) in [6, 6.07) is 9.35. The Bertz CT molecular complexity index is 1570. The van der Waals surface area contributed by atoms with Gasteiger partial charge in [-0.1, -0.05) is 18.2 Å². The van der Waals surface area contributed by atoms with Gasteiger partial charge in [-0.3, -0.25) is 4.79 Å². The van der Waals surface area contributed by atoms with Crippen molar-refractivity contribution in [3.8, 4) is 28.5 Å². The van der Waals surface area contributed by atoms with E-state index in [0.717, 1.165) is 46.2 Å². The molecule has 2 atom stereocenters. The molecule has 1 aliphatic heterocycles. The molecule has 5 rings (SSSR count). The van der Waals surface area contributed by atoms with E-state index >= 15 is 4.39 Å². The maximum Gasteiger partial charge on any atom is 0.304 e. The van der Waals surface area contributed by atoms with Gasteiger partial charge in [0.2, 0.25) is 5.88 Å². The van der Waals surface area contributed by atoms with Crippen LogP contribution in [0.2, 0.25) is 0 Å². The van der Waals surface area contributed by atoms with E-state index < -0.39 is 21.6 Å². The van der Waals surface area contributed by atoms with E-state index in [1.807, 2.05) is 25.1 Å². The Morgan fingerprint density at radius 3 is 2.77 bits per heavy atom. The second kappa shape index (κ2) is 11.1. The fourth-order valence-corrected chi connectivity index (χ4v) is 6.29. The number of sulfone groups is 1. The van der Waals surface area contributed by atoms with Crippen LogP contribution in [0.25, 0.3) is 11.1 Å². The molecule has 0 radical (unpaired) electrons. The molecule has 0 saturated heterocycles. The summed E-state index contributed by atoms with van der Waals surface area (Å²) in [6.45, 7) is 4.07. The number of ether oxygens (including phenoxy) is 3. The number of halogens is 1. The molecule has 0 spiro atoms. The zero-order chi connectivity index (χ0) is 28.6. The Kier molecular flexibility index (Phi) is 7.72. The number of benzene rings is 2. The summed E-state index contributed by atoms with van der Waals surface area (Å²) >= 11 is 0. The fourth-order valence-electron chi connectivity index (χ4n) is 5.65. The van der Waals surface area contributed by atoms with Crippen molar-refractivity contribution in [1.82, 2.24) is 4.98 Å². The fraction of sp³-hybridized carbons (Fsp3) is 0.400. The van der Waals surface area contributed by atoms with Crippen molar-refractivity contribution in [2.24, 2.45) is 0 Å². The van der Waals surface area contributed by atoms with Gasteiger partial charge < -0.3 is 19.3 Å². The average molecular weight is 570 g/mol. The standard InChI is InChI=1S/C30H32FNO7S/c1-17-12-26(37-10-5-11-40(3,35)36)30(31)18(2)29(17)22-7-4-6-21-20(22)8-9-24(21)39-27-14-25-23(15-32-27)19(16-38-25)13-28(33)34/h4,6-7,12,14-15,19,24H,5,8-11,13,16H2,1-3H3,(H,33,34). The Labute approximate surface area is 233 Å². The quantitative estimate of drug-likeness (QED) is 0.326. The zero-order valence-corrected chi connectivity index (χ0v) is 23.5. The van der Waals surface area contributed by atoms with Gasteiger partial charge in [-0.15, -0.1) is 0 Å². The first kappa shape index (κ1) is 27.9. The number of pyridine rings is 1. The minimum atomic E-state index is -3.10. The van der Waals surface area contributed by atoms with Crippen molar-refractivity contribution in [2.45, 2.75) is 51.6 Å². The summed E-state index contributed by atoms with van der Waals surface area (Å²) in [7, 11) is -3.10. The molecule has 40 heavy (non-hydrogen) atoms. The lowest BCUT2D eigenvalue weighted by molar-refractivity contribution is -0.137. The van der Waals surface area contributed by atoms with Gasteiger partial charge in [-0.25, -0.2) is 17.8 Å². The number of rotatable bonds is 10. The molecule has 0 saturated carbocycles. The largest absolute Gasteiger partial charge is 0.492 e. The van der Waals surface area contributed by atoms with E-state index in [9.17, 15) is 13.2 Å². The second-order valence-corrected chi connectivity index (χ2v) is 12.8. The molecule has 1 N–H and O–H groups in total. The van der Waals surface area contributed by atoms with E-state index in [-0.39, 0.29) is 36.6 Å². The summed E-state index contributed by atoms with van der Waals surface area (Å²) in [6.07, 6.45) is 4.33. The first-order valence-electron chi connectivity index (χ1n) is 13.3. The number of hydrogen-bond acceptors (Lipinski definition) is 7. The van der Waals surface area contributed by atoms with Gasteiger partial charge in [0, 0.05) is 30.0 Å². The lowest BCUT2D eigenvalue weighted by atomic mass is 9.90. The minimum absolute atomic E-state index is 0.0105. The maximum atomic E-state index is 15.4. The van der Waals surface area contributed by atoms with E-state index in [2.05, 4.69) is 4.98 Å². The predicted octanol–water partition coefficient (Wildman–Crippen LogP) is 5.34. The van der Waals surface area contributed by atoms with Crippen LogP contribution in [0.15, 0.2) is 36.5 Å². The Morgan fingerprint density at radius 1 is 1.23 bits per heavy atom. The SMILES string of the molecule is Cc1cc(OCCCS(C)(=O)=O)c(F)c(C)c1-c1cccc2c1CCC2Oc1cc2c(cn1)C(CC(=O)O)CO2. The molecule has 10 heteroatoms. The van der Waals surface area contributed by atoms with Gasteiger partial charge in [-0.05, 0) is 72.6 Å². The van der Waals surface area contributed by atoms with Crippen LogP contribution in [-0.2, 0) is 21.1 Å². The van der Waals surface area contributed by atoms with E-state index in [1.54, 1.807) is 25.3 Å². The molecule has 2 unspecified atom stereocenters. The number of aliphatic carboxylic acids is 1. The van der Waals surface area contributed by atoms with Crippen molar-refractivity contribution in [3.63, 3.8) is 0 Å². The van der Waals surface area contributed by atoms with Gasteiger partial charge >= 0.3 is 5.97 Å². The molecular weight excluding hydrogens is 537 g/mol. The highest BCUT2D eigenvalue weighted by atomic mass is 32.2. The Morgan fingerprint density at radius 2 is 2.02 bits per heavy atom. The number of hydrogen-bond donors (Lipinski definition) is 1. The van der Waals surface area contributed by atoms with Crippen molar-refractivity contribution in [1.29, 1.82) is 0 Å². The first-order chi connectivity index (χ1) is 19.0. The van der Waals surface area contributed by atoms with Crippen molar-refractivity contribution < 1.29 is 36.9 Å². The highest BCUT2D eigenvalue weighted by molar-refractivity contribution is 7.90. The first-order valence-corrected chi connectivity index (χ1v) is 15.3. The summed E-state index contributed by atoms with van der Waals surface area (Å²) in [5, 5.41) is 9.13. The molecule has 3 aromatic rings. The van der Waals surface area contributed by atoms with Crippen LogP contribution in [0.1, 0.15) is 59.1 Å². The van der Waals surface area contributed by atoms with Crippen LogP contribution >= 0.6 is 0 Å². The number of carbonyl (C=O) groups is 1. The second-order valence-electron chi connectivity index (χ2n) is 10.5. The van der Waals surface area contributed by atoms with Crippen LogP contribution < -0.4 is 14.2 Å². The molecule has 1 aliphatic carbocycles.